The van der Waals surface area contributed by atoms with Gasteiger partial charge in [0.2, 0.25) is 0 Å². The number of nitrogens with zero attached hydrogens (tertiary/aromatic N) is 2. The van der Waals surface area contributed by atoms with Crippen molar-refractivity contribution in [1.29, 1.82) is 0 Å². The van der Waals surface area contributed by atoms with Crippen LogP contribution in [-0.4, -0.2) is 0 Å². The highest BCUT2D eigenvalue weighted by atomic mass is 16.3. The molecule has 0 fully saturated rings. The Balaban J connectivity index is 1.27. The third-order valence-corrected chi connectivity index (χ3v) is 17.9. The number of para-hydroxylation sites is 2. The second kappa shape index (κ2) is 17.7. The summed E-state index contributed by atoms with van der Waals surface area (Å²) < 4.78 is 15.1. The minimum absolute atomic E-state index is 0.834. The van der Waals surface area contributed by atoms with E-state index < -0.39 is 5.41 Å². The molecule has 0 unspecified atom stereocenters. The van der Waals surface area contributed by atoms with Gasteiger partial charge in [0.05, 0.1) is 27.6 Å². The highest BCUT2D eigenvalue weighted by Crippen LogP contribution is 2.64. The molecule has 2 heterocycles. The number of aryl methyl sites for hydroxylation is 8. The summed E-state index contributed by atoms with van der Waals surface area (Å²) in [5.74, 6) is 0. The minimum Gasteiger partial charge on any atom is -0.455 e. The molecule has 4 nitrogen and oxygen atoms in total. The van der Waals surface area contributed by atoms with Gasteiger partial charge in [-0.2, -0.15) is 0 Å². The number of anilines is 6. The van der Waals surface area contributed by atoms with E-state index in [4.69, 9.17) is 8.83 Å². The molecule has 0 N–H and O–H groups in total. The monoisotopic (exact) mass is 1000 g/mol. The molecule has 10 aromatic carbocycles. The first-order valence-electron chi connectivity index (χ1n) is 27.2. The average molecular weight is 1000 g/mol. The largest absolute Gasteiger partial charge is 0.455 e. The van der Waals surface area contributed by atoms with Gasteiger partial charge in [-0.1, -0.05) is 97.1 Å². The molecule has 0 aliphatic heterocycles. The Bertz CT molecular complexity index is 3930. The van der Waals surface area contributed by atoms with Crippen LogP contribution >= 0.6 is 0 Å². The Morgan fingerprint density at radius 2 is 0.584 bits per heavy atom. The molecule has 0 atom stereocenters. The van der Waals surface area contributed by atoms with E-state index in [1.54, 1.807) is 0 Å². The predicted molar refractivity (Wildman–Crippen MR) is 325 cm³/mol. The third kappa shape index (κ3) is 7.11. The number of hydrogen-bond donors (Lipinski definition) is 0. The van der Waals surface area contributed by atoms with Crippen LogP contribution in [0.15, 0.2) is 179 Å². The number of rotatable bonds is 8. The van der Waals surface area contributed by atoms with Gasteiger partial charge in [-0.15, -0.1) is 0 Å². The molecule has 4 heteroatoms. The molecule has 1 aliphatic rings. The van der Waals surface area contributed by atoms with Crippen LogP contribution < -0.4 is 9.80 Å². The van der Waals surface area contributed by atoms with Crippen molar-refractivity contribution in [1.82, 2.24) is 0 Å². The predicted octanol–water partition coefficient (Wildman–Crippen LogP) is 20.5. The summed E-state index contributed by atoms with van der Waals surface area (Å²) in [5.41, 5.74) is 30.8. The molecule has 2 aromatic heterocycles. The lowest BCUT2D eigenvalue weighted by molar-refractivity contribution is 0.665. The summed E-state index contributed by atoms with van der Waals surface area (Å²) in [6.07, 6.45) is 0. The van der Waals surface area contributed by atoms with Gasteiger partial charge in [-0.25, -0.2) is 0 Å². The first kappa shape index (κ1) is 48.1. The Morgan fingerprint density at radius 1 is 0.312 bits per heavy atom. The number of fused-ring (bicyclic) bond motifs is 11. The van der Waals surface area contributed by atoms with Crippen molar-refractivity contribution in [3.63, 3.8) is 0 Å². The zero-order valence-corrected chi connectivity index (χ0v) is 46.4. The van der Waals surface area contributed by atoms with Crippen molar-refractivity contribution < 1.29 is 8.83 Å². The fraction of sp³-hybridized carbons (Fsp3) is 0.178. The van der Waals surface area contributed by atoms with E-state index in [1.165, 1.54) is 66.8 Å². The molecule has 0 radical (unpaired) electrons. The molecule has 0 amide bonds. The molecule has 0 saturated heterocycles. The van der Waals surface area contributed by atoms with Crippen LogP contribution in [-0.2, 0) is 5.41 Å². The van der Waals surface area contributed by atoms with Gasteiger partial charge in [0.1, 0.15) is 22.3 Å². The summed E-state index contributed by atoms with van der Waals surface area (Å²) in [5, 5.41) is 4.23. The van der Waals surface area contributed by atoms with Gasteiger partial charge in [-0.05, 0) is 245 Å². The van der Waals surface area contributed by atoms with Crippen molar-refractivity contribution in [2.45, 2.75) is 88.5 Å². The second-order valence-corrected chi connectivity index (χ2v) is 22.2. The molecule has 77 heavy (non-hydrogen) atoms. The van der Waals surface area contributed by atoms with Crippen LogP contribution in [0.2, 0.25) is 0 Å². The second-order valence-electron chi connectivity index (χ2n) is 22.2. The van der Waals surface area contributed by atoms with E-state index in [0.29, 0.717) is 0 Å². The highest BCUT2D eigenvalue weighted by molar-refractivity contribution is 6.25. The SMILES string of the molecule is Cc1cc(N(c2cc(C)c(C)c(C)c2)c2cc3c(c4oc5ccccc5c24)-c2c(cc(N(c4cc(C)c(C)c(C)c4)c4cc(C)c(C)c(C)c4)c4c2oc2ccccc24)C3(c2ccccc2)c2ccccc2)cc(C)c1C. The van der Waals surface area contributed by atoms with Crippen molar-refractivity contribution in [3.05, 3.63) is 259 Å². The normalized spacial score (nSPS) is 12.8. The standard InChI is InChI=1S/C73H64N2O2/c1-41-31-55(32-42(2)49(41)9)74(56-33-43(3)50(10)44(4)34-56)63-39-61-69(71-67(63)59-27-19-21-29-65(59)76-71)70-62(73(61,53-23-15-13-16-24-53)54-25-17-14-18-26-54)40-64(68-60-28-20-22-30-66(60)77-72(68)70)75(57-35-45(5)51(11)46(6)36-57)58-37-47(7)52(12)48(8)38-58/h13-40H,1-12H3. The maximum Gasteiger partial charge on any atom is 0.145 e. The van der Waals surface area contributed by atoms with E-state index >= 15 is 0 Å². The van der Waals surface area contributed by atoms with Crippen molar-refractivity contribution in [3.8, 4) is 11.1 Å². The van der Waals surface area contributed by atoms with Gasteiger partial charge >= 0.3 is 0 Å². The van der Waals surface area contributed by atoms with Gasteiger partial charge in [0.15, 0.2) is 0 Å². The zero-order chi connectivity index (χ0) is 53.3. The molecular formula is C73H64N2O2. The Morgan fingerprint density at radius 3 is 0.883 bits per heavy atom. The average Bonchev–Trinajstić information content (AvgIpc) is 4.32. The summed E-state index contributed by atoms with van der Waals surface area (Å²) in [4.78, 5) is 5.03. The van der Waals surface area contributed by atoms with Crippen molar-refractivity contribution >= 4 is 78.0 Å². The maximum atomic E-state index is 7.55. The van der Waals surface area contributed by atoms with E-state index in [0.717, 1.165) is 111 Å². The molecule has 0 spiro atoms. The molecule has 378 valence electrons. The third-order valence-electron chi connectivity index (χ3n) is 17.9. The first-order valence-corrected chi connectivity index (χ1v) is 27.2. The topological polar surface area (TPSA) is 32.8 Å². The zero-order valence-electron chi connectivity index (χ0n) is 46.4. The molecule has 12 aromatic rings. The van der Waals surface area contributed by atoms with E-state index in [9.17, 15) is 0 Å². The fourth-order valence-corrected chi connectivity index (χ4v) is 12.9. The molecule has 1 aliphatic carbocycles. The van der Waals surface area contributed by atoms with Crippen LogP contribution in [0.3, 0.4) is 0 Å². The molecule has 0 saturated carbocycles. The van der Waals surface area contributed by atoms with E-state index in [-0.39, 0.29) is 0 Å². The summed E-state index contributed by atoms with van der Waals surface area (Å²) in [7, 11) is 0. The van der Waals surface area contributed by atoms with Crippen LogP contribution in [0.5, 0.6) is 0 Å². The fourth-order valence-electron chi connectivity index (χ4n) is 12.9. The van der Waals surface area contributed by atoms with Crippen molar-refractivity contribution in [2.75, 3.05) is 9.80 Å². The van der Waals surface area contributed by atoms with Gasteiger partial charge in [-0.3, -0.25) is 0 Å². The smallest absolute Gasteiger partial charge is 0.145 e. The first-order chi connectivity index (χ1) is 37.1. The summed E-state index contributed by atoms with van der Waals surface area (Å²) >= 11 is 0. The van der Waals surface area contributed by atoms with Crippen LogP contribution in [0, 0.1) is 83.1 Å². The minimum atomic E-state index is -0.884. The molecular weight excluding hydrogens is 937 g/mol. The Kier molecular flexibility index (Phi) is 11.1. The Labute approximate surface area is 452 Å². The van der Waals surface area contributed by atoms with E-state index in [1.807, 2.05) is 0 Å². The molecule has 13 rings (SSSR count). The number of benzene rings is 10. The van der Waals surface area contributed by atoms with Crippen LogP contribution in [0.4, 0.5) is 34.1 Å². The lowest BCUT2D eigenvalue weighted by Crippen LogP contribution is -2.29. The van der Waals surface area contributed by atoms with Crippen molar-refractivity contribution in [2.24, 2.45) is 0 Å². The lowest BCUT2D eigenvalue weighted by Gasteiger charge is -2.36. The van der Waals surface area contributed by atoms with Gasteiger partial charge in [0.25, 0.3) is 0 Å². The Hall–Kier alpha value is -8.60. The quantitative estimate of drug-likeness (QED) is 0.152. The summed E-state index contributed by atoms with van der Waals surface area (Å²) in [6.45, 7) is 26.9. The van der Waals surface area contributed by atoms with Crippen LogP contribution in [0.25, 0.3) is 55.0 Å². The molecule has 0 bridgehead atoms. The van der Waals surface area contributed by atoms with Crippen LogP contribution in [0.1, 0.15) is 89.0 Å². The summed E-state index contributed by atoms with van der Waals surface area (Å²) in [6, 6.07) is 63.6. The number of furan rings is 2. The number of hydrogen-bond acceptors (Lipinski definition) is 4. The highest BCUT2D eigenvalue weighted by Gasteiger charge is 2.51. The maximum absolute atomic E-state index is 7.55. The lowest BCUT2D eigenvalue weighted by atomic mass is 9.67. The van der Waals surface area contributed by atoms with Gasteiger partial charge in [0, 0.05) is 44.6 Å². The van der Waals surface area contributed by atoms with E-state index in [2.05, 4.69) is 263 Å². The van der Waals surface area contributed by atoms with Gasteiger partial charge < -0.3 is 18.6 Å².